The zero-order valence-electron chi connectivity index (χ0n) is 16.5. The quantitative estimate of drug-likeness (QED) is 0.198. The van der Waals surface area contributed by atoms with Gasteiger partial charge in [-0.25, -0.2) is 4.79 Å². The molecule has 1 aliphatic heterocycles. The second-order valence-electron chi connectivity index (χ2n) is 7.03. The Hall–Kier alpha value is -3.22. The fourth-order valence-corrected chi connectivity index (χ4v) is 3.04. The number of carbonyl (C=O) groups is 6. The first-order valence-corrected chi connectivity index (χ1v) is 9.33. The molecule has 4 atom stereocenters. The van der Waals surface area contributed by atoms with Gasteiger partial charge >= 0.3 is 11.9 Å². The van der Waals surface area contributed by atoms with Crippen molar-refractivity contribution in [3.05, 3.63) is 0 Å². The molecule has 13 heteroatoms. The molecule has 0 spiro atoms. The molecule has 0 radical (unpaired) electrons. The topological polar surface area (TPSA) is 222 Å². The number of hydrogen-bond acceptors (Lipinski definition) is 7. The van der Waals surface area contributed by atoms with Crippen LogP contribution in [0.15, 0.2) is 0 Å². The zero-order valence-corrected chi connectivity index (χ0v) is 16.5. The summed E-state index contributed by atoms with van der Waals surface area (Å²) in [6.45, 7) is 1.61. The van der Waals surface area contributed by atoms with Crippen molar-refractivity contribution < 1.29 is 39.0 Å². The molecule has 1 saturated heterocycles. The van der Waals surface area contributed by atoms with E-state index < -0.39 is 72.6 Å². The number of carboxylic acid groups (broad SMARTS) is 2. The lowest BCUT2D eigenvalue weighted by molar-refractivity contribution is -0.145. The van der Waals surface area contributed by atoms with Gasteiger partial charge in [-0.2, -0.15) is 0 Å². The molecule has 4 unspecified atom stereocenters. The van der Waals surface area contributed by atoms with Gasteiger partial charge in [0.05, 0.1) is 12.5 Å². The van der Waals surface area contributed by atoms with Crippen molar-refractivity contribution in [3.8, 4) is 0 Å². The molecule has 0 saturated carbocycles. The van der Waals surface area contributed by atoms with Crippen molar-refractivity contribution in [1.29, 1.82) is 0 Å². The maximum Gasteiger partial charge on any atom is 0.326 e. The van der Waals surface area contributed by atoms with Crippen LogP contribution >= 0.6 is 0 Å². The van der Waals surface area contributed by atoms with E-state index in [0.717, 1.165) is 0 Å². The molecule has 8 N–H and O–H groups in total. The molecule has 1 rings (SSSR count). The summed E-state index contributed by atoms with van der Waals surface area (Å²) in [6.07, 6.45) is -0.377. The predicted molar refractivity (Wildman–Crippen MR) is 101 cm³/mol. The first kappa shape index (κ1) is 24.8. The molecular weight excluding hydrogens is 402 g/mol. The smallest absolute Gasteiger partial charge is 0.326 e. The third kappa shape index (κ3) is 7.31. The van der Waals surface area contributed by atoms with Crippen LogP contribution in [0.4, 0.5) is 0 Å². The maximum absolute atomic E-state index is 12.7. The Bertz CT molecular complexity index is 712. The van der Waals surface area contributed by atoms with Crippen LogP contribution in [0.5, 0.6) is 0 Å². The number of aliphatic carboxylic acids is 2. The van der Waals surface area contributed by atoms with Crippen LogP contribution in [-0.4, -0.2) is 81.4 Å². The molecule has 0 aromatic heterocycles. The van der Waals surface area contributed by atoms with Gasteiger partial charge in [0, 0.05) is 13.0 Å². The number of likely N-dealkylation sites (tertiary alicyclic amines) is 1. The SMILES string of the molecule is CC(NC(=O)C(N)CC(N)=O)C(=O)N1CCCC1C(=O)NC(CCC(=O)O)C(=O)O. The average molecular weight is 429 g/mol. The number of amides is 4. The Labute approximate surface area is 172 Å². The fourth-order valence-electron chi connectivity index (χ4n) is 3.04. The normalized spacial score (nSPS) is 18.7. The molecule has 0 aromatic carbocycles. The second-order valence-corrected chi connectivity index (χ2v) is 7.03. The minimum Gasteiger partial charge on any atom is -0.481 e. The van der Waals surface area contributed by atoms with E-state index in [2.05, 4.69) is 10.6 Å². The molecule has 0 bridgehead atoms. The maximum atomic E-state index is 12.7. The number of rotatable bonds is 11. The lowest BCUT2D eigenvalue weighted by atomic mass is 10.1. The van der Waals surface area contributed by atoms with Crippen LogP contribution in [0.2, 0.25) is 0 Å². The molecule has 0 aliphatic carbocycles. The molecule has 1 heterocycles. The first-order chi connectivity index (χ1) is 13.9. The third-order valence-corrected chi connectivity index (χ3v) is 4.59. The Morgan fingerprint density at radius 1 is 1.13 bits per heavy atom. The van der Waals surface area contributed by atoms with Gasteiger partial charge in [-0.15, -0.1) is 0 Å². The summed E-state index contributed by atoms with van der Waals surface area (Å²) in [5.41, 5.74) is 10.5. The summed E-state index contributed by atoms with van der Waals surface area (Å²) in [6, 6.07) is -4.63. The molecule has 0 aromatic rings. The summed E-state index contributed by atoms with van der Waals surface area (Å²) in [5.74, 6) is -5.41. The summed E-state index contributed by atoms with van der Waals surface area (Å²) in [7, 11) is 0. The largest absolute Gasteiger partial charge is 0.481 e. The average Bonchev–Trinajstić information content (AvgIpc) is 3.12. The molecule has 1 aliphatic rings. The van der Waals surface area contributed by atoms with E-state index in [1.54, 1.807) is 0 Å². The Morgan fingerprint density at radius 3 is 2.30 bits per heavy atom. The van der Waals surface area contributed by atoms with E-state index in [1.807, 2.05) is 0 Å². The van der Waals surface area contributed by atoms with Crippen molar-refractivity contribution in [2.24, 2.45) is 11.5 Å². The van der Waals surface area contributed by atoms with E-state index in [4.69, 9.17) is 16.6 Å². The van der Waals surface area contributed by atoms with Gasteiger partial charge in [-0.1, -0.05) is 0 Å². The number of primary amides is 1. The van der Waals surface area contributed by atoms with Gasteiger partial charge in [0.2, 0.25) is 23.6 Å². The van der Waals surface area contributed by atoms with Gasteiger partial charge < -0.3 is 37.2 Å². The number of nitrogens with two attached hydrogens (primary N) is 2. The summed E-state index contributed by atoms with van der Waals surface area (Å²) in [4.78, 5) is 71.1. The van der Waals surface area contributed by atoms with Gasteiger partial charge in [-0.05, 0) is 26.2 Å². The van der Waals surface area contributed by atoms with E-state index in [-0.39, 0.29) is 19.4 Å². The summed E-state index contributed by atoms with van der Waals surface area (Å²) >= 11 is 0. The number of nitrogens with one attached hydrogen (secondary N) is 2. The Morgan fingerprint density at radius 2 is 1.77 bits per heavy atom. The van der Waals surface area contributed by atoms with Gasteiger partial charge in [0.15, 0.2) is 0 Å². The lowest BCUT2D eigenvalue weighted by Crippen LogP contribution is -2.56. The number of carbonyl (C=O) groups excluding carboxylic acids is 4. The number of nitrogens with zero attached hydrogens (tertiary/aromatic N) is 1. The molecule has 13 nitrogen and oxygen atoms in total. The van der Waals surface area contributed by atoms with Crippen LogP contribution in [0.3, 0.4) is 0 Å². The van der Waals surface area contributed by atoms with E-state index >= 15 is 0 Å². The second kappa shape index (κ2) is 11.1. The van der Waals surface area contributed by atoms with E-state index in [9.17, 15) is 33.9 Å². The van der Waals surface area contributed by atoms with Crippen molar-refractivity contribution >= 4 is 35.6 Å². The third-order valence-electron chi connectivity index (χ3n) is 4.59. The monoisotopic (exact) mass is 429 g/mol. The minimum absolute atomic E-state index is 0.220. The first-order valence-electron chi connectivity index (χ1n) is 9.33. The number of carboxylic acids is 2. The predicted octanol–water partition coefficient (Wildman–Crippen LogP) is -2.88. The highest BCUT2D eigenvalue weighted by Gasteiger charge is 2.38. The summed E-state index contributed by atoms with van der Waals surface area (Å²) in [5, 5.41) is 22.5. The van der Waals surface area contributed by atoms with Crippen molar-refractivity contribution in [2.45, 2.75) is 63.2 Å². The molecular formula is C17H27N5O8. The molecule has 168 valence electrons. The molecule has 4 amide bonds. The standard InChI is InChI=1S/C17H27N5O8/c1-8(20-14(26)9(18)7-12(19)23)16(28)22-6-2-3-11(22)15(27)21-10(17(29)30)4-5-13(24)25/h8-11H,2-7,18H2,1H3,(H2,19,23)(H,20,26)(H,21,27)(H,24,25)(H,29,30). The Kier molecular flexibility index (Phi) is 9.17. The van der Waals surface area contributed by atoms with Crippen LogP contribution in [0.1, 0.15) is 39.0 Å². The van der Waals surface area contributed by atoms with E-state index in [0.29, 0.717) is 6.42 Å². The van der Waals surface area contributed by atoms with Crippen molar-refractivity contribution in [2.75, 3.05) is 6.54 Å². The van der Waals surface area contributed by atoms with Gasteiger partial charge in [-0.3, -0.25) is 24.0 Å². The van der Waals surface area contributed by atoms with Crippen molar-refractivity contribution in [3.63, 3.8) is 0 Å². The lowest BCUT2D eigenvalue weighted by Gasteiger charge is -2.28. The highest BCUT2D eigenvalue weighted by atomic mass is 16.4. The fraction of sp³-hybridized carbons (Fsp3) is 0.647. The highest BCUT2D eigenvalue weighted by Crippen LogP contribution is 2.19. The highest BCUT2D eigenvalue weighted by molar-refractivity contribution is 5.95. The molecule has 1 fully saturated rings. The summed E-state index contributed by atoms with van der Waals surface area (Å²) < 4.78 is 0. The number of hydrogen-bond donors (Lipinski definition) is 6. The van der Waals surface area contributed by atoms with Crippen LogP contribution < -0.4 is 22.1 Å². The van der Waals surface area contributed by atoms with Crippen molar-refractivity contribution in [1.82, 2.24) is 15.5 Å². The minimum atomic E-state index is -1.41. The molecule has 30 heavy (non-hydrogen) atoms. The van der Waals surface area contributed by atoms with E-state index in [1.165, 1.54) is 11.8 Å². The zero-order chi connectivity index (χ0) is 23.0. The van der Waals surface area contributed by atoms with Gasteiger partial charge in [0.1, 0.15) is 18.1 Å². The Balaban J connectivity index is 2.74. The van der Waals surface area contributed by atoms with Crippen LogP contribution in [0.25, 0.3) is 0 Å². The van der Waals surface area contributed by atoms with Crippen LogP contribution in [-0.2, 0) is 28.8 Å². The van der Waals surface area contributed by atoms with Gasteiger partial charge in [0.25, 0.3) is 0 Å². The van der Waals surface area contributed by atoms with Crippen LogP contribution in [0, 0.1) is 0 Å².